The fraction of sp³-hybridized carbons (Fsp3) is 0.514. The molecule has 0 aliphatic rings. The first-order valence-electron chi connectivity index (χ1n) is 16.4. The summed E-state index contributed by atoms with van der Waals surface area (Å²) in [5.41, 5.74) is 9.41. The quantitative estimate of drug-likeness (QED) is 0.104. The summed E-state index contributed by atoms with van der Waals surface area (Å²) in [5.74, 6) is 0.768. The summed E-state index contributed by atoms with van der Waals surface area (Å²) >= 11 is 0. The fourth-order valence-corrected chi connectivity index (χ4v) is 5.65. The average Bonchev–Trinajstić information content (AvgIpc) is 3.38. The zero-order chi connectivity index (χ0) is 31.3. The molecule has 0 spiro atoms. The summed E-state index contributed by atoms with van der Waals surface area (Å²) in [5, 5.41) is 13.3. The number of rotatable bonds is 19. The van der Waals surface area contributed by atoms with Crippen LogP contribution in [0.5, 0.6) is 0 Å². The molecule has 9 nitrogen and oxygen atoms in total. The number of nitrogens with zero attached hydrogens (tertiary/aromatic N) is 4. The maximum atomic E-state index is 14.0. The molecule has 238 valence electrons. The first-order chi connectivity index (χ1) is 21.4. The predicted octanol–water partition coefficient (Wildman–Crippen LogP) is 4.89. The van der Waals surface area contributed by atoms with Gasteiger partial charge >= 0.3 is 5.69 Å². The van der Waals surface area contributed by atoms with Gasteiger partial charge in [0, 0.05) is 44.8 Å². The van der Waals surface area contributed by atoms with Crippen molar-refractivity contribution in [2.24, 2.45) is 0 Å². The van der Waals surface area contributed by atoms with Crippen molar-refractivity contribution in [1.82, 2.24) is 24.0 Å². The van der Waals surface area contributed by atoms with Gasteiger partial charge in [-0.3, -0.25) is 13.9 Å². The van der Waals surface area contributed by atoms with Crippen LogP contribution in [0.2, 0.25) is 0 Å². The molecule has 1 unspecified atom stereocenters. The van der Waals surface area contributed by atoms with Crippen molar-refractivity contribution in [2.45, 2.75) is 104 Å². The molecule has 9 heteroatoms. The first kappa shape index (κ1) is 33.2. The number of aromatic nitrogens is 4. The minimum atomic E-state index is -0.411. The number of fused-ring (bicyclic) bond motifs is 1. The minimum Gasteiger partial charge on any atom is -0.399 e. The van der Waals surface area contributed by atoms with E-state index in [4.69, 9.17) is 10.7 Å². The van der Waals surface area contributed by atoms with Crippen molar-refractivity contribution < 1.29 is 5.11 Å². The highest BCUT2D eigenvalue weighted by Gasteiger charge is 2.21. The second-order valence-electron chi connectivity index (χ2n) is 11.8. The van der Waals surface area contributed by atoms with Gasteiger partial charge in [-0.2, -0.15) is 0 Å². The number of nitrogen functional groups attached to an aromatic ring is 1. The molecule has 4 rings (SSSR count). The lowest BCUT2D eigenvalue weighted by atomic mass is 10.1. The van der Waals surface area contributed by atoms with Crippen LogP contribution < -0.4 is 22.3 Å². The van der Waals surface area contributed by atoms with Crippen molar-refractivity contribution >= 4 is 16.9 Å². The van der Waals surface area contributed by atoms with Crippen molar-refractivity contribution in [3.05, 3.63) is 92.4 Å². The summed E-state index contributed by atoms with van der Waals surface area (Å²) in [4.78, 5) is 32.7. The lowest BCUT2D eigenvalue weighted by molar-refractivity contribution is 0.167. The third-order valence-corrected chi connectivity index (χ3v) is 8.32. The summed E-state index contributed by atoms with van der Waals surface area (Å²) in [6.45, 7) is 6.58. The highest BCUT2D eigenvalue weighted by molar-refractivity contribution is 5.71. The monoisotopic (exact) mass is 602 g/mol. The van der Waals surface area contributed by atoms with E-state index in [-0.39, 0.29) is 11.2 Å². The topological polar surface area (TPSA) is 120 Å². The second kappa shape index (κ2) is 17.0. The predicted molar refractivity (Wildman–Crippen MR) is 179 cm³/mol. The van der Waals surface area contributed by atoms with Gasteiger partial charge in [0.1, 0.15) is 5.82 Å². The zero-order valence-corrected chi connectivity index (χ0v) is 26.5. The molecule has 2 heterocycles. The SMILES string of the molecule is CCCCCn1c(=O)c2c(nc(Cc3ccccc3)n2CCNCC(O)CC)n(CCCCCCc2ccc(N)cc2)c1=O. The average molecular weight is 603 g/mol. The first-order valence-corrected chi connectivity index (χ1v) is 16.4. The summed E-state index contributed by atoms with van der Waals surface area (Å²) in [6.07, 6.45) is 8.52. The number of aliphatic hydroxyl groups is 1. The molecule has 2 aromatic carbocycles. The van der Waals surface area contributed by atoms with E-state index >= 15 is 0 Å². The van der Waals surface area contributed by atoms with E-state index in [1.807, 2.05) is 41.8 Å². The standard InChI is InChI=1S/C35H50N6O3/c1-3-5-12-23-41-34(43)32-33(40(35(41)44)22-13-7-6-9-14-27-17-19-29(36)20-18-27)38-31(25-28-15-10-8-11-16-28)39(32)24-21-37-26-30(42)4-2/h8,10-11,15-20,30,37,42H,3-7,9,12-14,21-26,36H2,1-2H3. The molecule has 1 atom stereocenters. The largest absolute Gasteiger partial charge is 0.399 e. The molecule has 0 fully saturated rings. The van der Waals surface area contributed by atoms with Crippen LogP contribution >= 0.6 is 0 Å². The van der Waals surface area contributed by atoms with Gasteiger partial charge in [-0.05, 0) is 55.4 Å². The molecule has 44 heavy (non-hydrogen) atoms. The lowest BCUT2D eigenvalue weighted by Crippen LogP contribution is -2.41. The number of nitrogens with two attached hydrogens (primary N) is 1. The molecule has 4 N–H and O–H groups in total. The highest BCUT2D eigenvalue weighted by atomic mass is 16.3. The van der Waals surface area contributed by atoms with E-state index in [9.17, 15) is 14.7 Å². The number of benzene rings is 2. The van der Waals surface area contributed by atoms with Gasteiger partial charge in [-0.15, -0.1) is 0 Å². The summed E-state index contributed by atoms with van der Waals surface area (Å²) in [6, 6.07) is 18.1. The third-order valence-electron chi connectivity index (χ3n) is 8.32. The van der Waals surface area contributed by atoms with Crippen LogP contribution in [0.4, 0.5) is 5.69 Å². The Hall–Kier alpha value is -3.69. The van der Waals surface area contributed by atoms with Crippen LogP contribution in [0.1, 0.15) is 82.2 Å². The second-order valence-corrected chi connectivity index (χ2v) is 11.8. The van der Waals surface area contributed by atoms with Gasteiger partial charge in [0.2, 0.25) is 0 Å². The van der Waals surface area contributed by atoms with E-state index in [1.165, 1.54) is 10.1 Å². The third kappa shape index (κ3) is 8.92. The Balaban J connectivity index is 1.61. The number of hydrogen-bond acceptors (Lipinski definition) is 6. The molecule has 2 aromatic heterocycles. The van der Waals surface area contributed by atoms with Crippen LogP contribution in [0, 0.1) is 0 Å². The van der Waals surface area contributed by atoms with Gasteiger partial charge in [0.15, 0.2) is 11.2 Å². The highest BCUT2D eigenvalue weighted by Crippen LogP contribution is 2.17. The maximum Gasteiger partial charge on any atom is 0.332 e. The minimum absolute atomic E-state index is 0.263. The van der Waals surface area contributed by atoms with Crippen molar-refractivity contribution in [3.8, 4) is 0 Å². The molecule has 4 aromatic rings. The lowest BCUT2D eigenvalue weighted by Gasteiger charge is -2.14. The molecule has 0 amide bonds. The van der Waals surface area contributed by atoms with Crippen LogP contribution in [-0.2, 0) is 32.5 Å². The van der Waals surface area contributed by atoms with Crippen molar-refractivity contribution in [3.63, 3.8) is 0 Å². The normalized spacial score (nSPS) is 12.2. The number of aliphatic hydroxyl groups excluding tert-OH is 1. The van der Waals surface area contributed by atoms with Gasteiger partial charge in [0.25, 0.3) is 5.56 Å². The zero-order valence-electron chi connectivity index (χ0n) is 26.5. The number of anilines is 1. The van der Waals surface area contributed by atoms with Gasteiger partial charge < -0.3 is 20.7 Å². The van der Waals surface area contributed by atoms with Crippen LogP contribution in [0.25, 0.3) is 11.2 Å². The smallest absolute Gasteiger partial charge is 0.332 e. The molecular formula is C35H50N6O3. The van der Waals surface area contributed by atoms with Crippen LogP contribution in [0.15, 0.2) is 64.2 Å². The Morgan fingerprint density at radius 2 is 1.52 bits per heavy atom. The van der Waals surface area contributed by atoms with Crippen LogP contribution in [-0.4, -0.2) is 43.0 Å². The Labute approximate surface area is 260 Å². The molecule has 0 radical (unpaired) electrons. The Morgan fingerprint density at radius 1 is 0.818 bits per heavy atom. The fourth-order valence-electron chi connectivity index (χ4n) is 5.65. The summed E-state index contributed by atoms with van der Waals surface area (Å²) in [7, 11) is 0. The number of unbranched alkanes of at least 4 members (excludes halogenated alkanes) is 5. The maximum absolute atomic E-state index is 14.0. The van der Waals surface area contributed by atoms with E-state index in [0.717, 1.165) is 68.4 Å². The molecule has 0 aliphatic heterocycles. The van der Waals surface area contributed by atoms with Crippen molar-refractivity contribution in [2.75, 3.05) is 18.8 Å². The molecule has 0 bridgehead atoms. The molecule has 0 aliphatic carbocycles. The number of hydrogen-bond donors (Lipinski definition) is 3. The molecular weight excluding hydrogens is 552 g/mol. The van der Waals surface area contributed by atoms with Crippen molar-refractivity contribution in [1.29, 1.82) is 0 Å². The summed E-state index contributed by atoms with van der Waals surface area (Å²) < 4.78 is 5.16. The van der Waals surface area contributed by atoms with Crippen LogP contribution in [0.3, 0.4) is 0 Å². The molecule has 0 saturated heterocycles. The van der Waals surface area contributed by atoms with E-state index in [2.05, 4.69) is 36.5 Å². The van der Waals surface area contributed by atoms with E-state index in [1.54, 1.807) is 4.57 Å². The van der Waals surface area contributed by atoms with E-state index in [0.29, 0.717) is 56.7 Å². The van der Waals surface area contributed by atoms with Gasteiger partial charge in [0.05, 0.1) is 6.10 Å². The molecule has 0 saturated carbocycles. The Morgan fingerprint density at radius 3 is 2.25 bits per heavy atom. The Bertz CT molecular complexity index is 1560. The van der Waals surface area contributed by atoms with E-state index < -0.39 is 6.10 Å². The number of imidazole rings is 1. The van der Waals surface area contributed by atoms with Gasteiger partial charge in [-0.25, -0.2) is 9.78 Å². The van der Waals surface area contributed by atoms with Gasteiger partial charge in [-0.1, -0.05) is 82.0 Å². The Kier molecular flexibility index (Phi) is 12.8. The number of aryl methyl sites for hydroxylation is 2. The number of nitrogens with one attached hydrogen (secondary N) is 1.